The van der Waals surface area contributed by atoms with Crippen LogP contribution in [0.4, 0.5) is 4.39 Å². The zero-order chi connectivity index (χ0) is 15.8. The lowest BCUT2D eigenvalue weighted by molar-refractivity contribution is 0.591. The molecule has 5 nitrogen and oxygen atoms in total. The highest BCUT2D eigenvalue weighted by atomic mass is 35.7. The minimum absolute atomic E-state index is 0.0127. The molecule has 0 atom stereocenters. The predicted octanol–water partition coefficient (Wildman–Crippen LogP) is 2.14. The summed E-state index contributed by atoms with van der Waals surface area (Å²) in [7, 11) is -2.03. The molecule has 0 spiro atoms. The van der Waals surface area contributed by atoms with Gasteiger partial charge in [-0.3, -0.25) is 0 Å². The first-order valence-corrected chi connectivity index (χ1v) is 10.2. The molecular formula is C12H13ClFNO4S2. The third-order valence-corrected chi connectivity index (χ3v) is 6.18. The van der Waals surface area contributed by atoms with Gasteiger partial charge in [-0.05, 0) is 12.1 Å². The topological polar surface area (TPSA) is 73.2 Å². The molecule has 0 aliphatic rings. The first kappa shape index (κ1) is 16.3. The lowest BCUT2D eigenvalue weighted by Crippen LogP contribution is -2.14. The Balaban J connectivity index is 2.59. The van der Waals surface area contributed by atoms with Gasteiger partial charge in [0.25, 0.3) is 9.05 Å². The molecule has 0 aliphatic heterocycles. The summed E-state index contributed by atoms with van der Waals surface area (Å²) in [6.45, 7) is 1.56. The highest BCUT2D eigenvalue weighted by Gasteiger charge is 2.22. The number of sulfone groups is 1. The van der Waals surface area contributed by atoms with Crippen LogP contribution in [0.2, 0.25) is 0 Å². The van der Waals surface area contributed by atoms with E-state index in [2.05, 4.69) is 0 Å². The lowest BCUT2D eigenvalue weighted by Gasteiger charge is -2.05. The van der Waals surface area contributed by atoms with Gasteiger partial charge in [-0.1, -0.05) is 13.0 Å². The van der Waals surface area contributed by atoms with Crippen LogP contribution in [0.3, 0.4) is 0 Å². The highest BCUT2D eigenvalue weighted by molar-refractivity contribution is 8.14. The number of aryl methyl sites for hydroxylation is 1. The van der Waals surface area contributed by atoms with E-state index in [-0.39, 0.29) is 28.3 Å². The monoisotopic (exact) mass is 353 g/mol. The van der Waals surface area contributed by atoms with Crippen LogP contribution in [-0.2, 0) is 25.4 Å². The summed E-state index contributed by atoms with van der Waals surface area (Å²) >= 11 is 0. The average molecular weight is 354 g/mol. The van der Waals surface area contributed by atoms with Gasteiger partial charge in [0.2, 0.25) is 0 Å². The number of rotatable bonds is 5. The SMILES string of the molecule is CCS(=O)(=O)CCn1cc(S(=O)(=O)Cl)c2c(F)cccc21. The van der Waals surface area contributed by atoms with E-state index < -0.39 is 24.7 Å². The van der Waals surface area contributed by atoms with Crippen LogP contribution in [0, 0.1) is 5.82 Å². The number of halogens is 2. The van der Waals surface area contributed by atoms with Gasteiger partial charge in [-0.25, -0.2) is 21.2 Å². The van der Waals surface area contributed by atoms with Crippen molar-refractivity contribution in [1.29, 1.82) is 0 Å². The largest absolute Gasteiger partial charge is 0.345 e. The van der Waals surface area contributed by atoms with Crippen LogP contribution in [0.15, 0.2) is 29.3 Å². The van der Waals surface area contributed by atoms with E-state index in [9.17, 15) is 21.2 Å². The summed E-state index contributed by atoms with van der Waals surface area (Å²) < 4.78 is 61.4. The van der Waals surface area contributed by atoms with Gasteiger partial charge in [0.1, 0.15) is 10.7 Å². The summed E-state index contributed by atoms with van der Waals surface area (Å²) in [6.07, 6.45) is 1.17. The fourth-order valence-electron chi connectivity index (χ4n) is 2.02. The minimum atomic E-state index is -4.13. The molecule has 0 saturated carbocycles. The molecule has 0 unspecified atom stereocenters. The molecular weight excluding hydrogens is 341 g/mol. The lowest BCUT2D eigenvalue weighted by atomic mass is 10.2. The molecule has 0 saturated heterocycles. The van der Waals surface area contributed by atoms with Crippen molar-refractivity contribution in [3.63, 3.8) is 0 Å². The van der Waals surface area contributed by atoms with Crippen molar-refractivity contribution >= 4 is 40.5 Å². The van der Waals surface area contributed by atoms with Crippen LogP contribution < -0.4 is 0 Å². The molecule has 1 aromatic heterocycles. The van der Waals surface area contributed by atoms with Crippen molar-refractivity contribution in [2.24, 2.45) is 0 Å². The van der Waals surface area contributed by atoms with Crippen LogP contribution in [-0.4, -0.2) is 32.9 Å². The van der Waals surface area contributed by atoms with Gasteiger partial charge < -0.3 is 4.57 Å². The maximum Gasteiger partial charge on any atom is 0.263 e. The number of fused-ring (bicyclic) bond motifs is 1. The van der Waals surface area contributed by atoms with Gasteiger partial charge in [0, 0.05) is 29.2 Å². The van der Waals surface area contributed by atoms with E-state index in [4.69, 9.17) is 10.7 Å². The zero-order valence-corrected chi connectivity index (χ0v) is 13.5. The summed E-state index contributed by atoms with van der Waals surface area (Å²) in [5, 5.41) is -0.124. The molecule has 0 fully saturated rings. The quantitative estimate of drug-likeness (QED) is 0.772. The van der Waals surface area contributed by atoms with Crippen molar-refractivity contribution < 1.29 is 21.2 Å². The third kappa shape index (κ3) is 3.38. The van der Waals surface area contributed by atoms with Gasteiger partial charge >= 0.3 is 0 Å². The molecule has 2 aromatic rings. The Bertz CT molecular complexity index is 887. The number of hydrogen-bond donors (Lipinski definition) is 0. The molecule has 116 valence electrons. The smallest absolute Gasteiger partial charge is 0.263 e. The fraction of sp³-hybridized carbons (Fsp3) is 0.333. The number of benzene rings is 1. The zero-order valence-electron chi connectivity index (χ0n) is 11.1. The summed E-state index contributed by atoms with van der Waals surface area (Å²) in [5.74, 6) is -0.893. The van der Waals surface area contributed by atoms with Crippen LogP contribution in [0.1, 0.15) is 6.92 Å². The molecule has 0 aliphatic carbocycles. The van der Waals surface area contributed by atoms with Crippen molar-refractivity contribution in [3.05, 3.63) is 30.2 Å². The Morgan fingerprint density at radius 1 is 1.24 bits per heavy atom. The second-order valence-electron chi connectivity index (χ2n) is 4.49. The Labute approximate surface area is 126 Å². The second kappa shape index (κ2) is 5.58. The summed E-state index contributed by atoms with van der Waals surface area (Å²) in [4.78, 5) is -0.355. The van der Waals surface area contributed by atoms with Crippen molar-refractivity contribution in [1.82, 2.24) is 4.57 Å². The fourth-order valence-corrected chi connectivity index (χ4v) is 3.84. The van der Waals surface area contributed by atoms with Crippen molar-refractivity contribution in [2.75, 3.05) is 11.5 Å². The Hall–Kier alpha value is -1.12. The average Bonchev–Trinajstić information content (AvgIpc) is 2.77. The highest BCUT2D eigenvalue weighted by Crippen LogP contribution is 2.30. The molecule has 0 N–H and O–H groups in total. The molecule has 0 amide bonds. The van der Waals surface area contributed by atoms with E-state index in [0.717, 1.165) is 6.07 Å². The van der Waals surface area contributed by atoms with Gasteiger partial charge in [-0.2, -0.15) is 0 Å². The molecule has 9 heteroatoms. The number of hydrogen-bond acceptors (Lipinski definition) is 4. The van der Waals surface area contributed by atoms with Crippen molar-refractivity contribution in [3.8, 4) is 0 Å². The summed E-state index contributed by atoms with van der Waals surface area (Å²) in [6, 6.07) is 4.07. The molecule has 0 bridgehead atoms. The van der Waals surface area contributed by atoms with Crippen LogP contribution in [0.5, 0.6) is 0 Å². The summed E-state index contributed by atoms with van der Waals surface area (Å²) in [5.41, 5.74) is 0.292. The van der Waals surface area contributed by atoms with E-state index in [1.54, 1.807) is 0 Å². The molecule has 1 aromatic carbocycles. The second-order valence-corrected chi connectivity index (χ2v) is 9.50. The maximum atomic E-state index is 13.9. The van der Waals surface area contributed by atoms with Gasteiger partial charge in [-0.15, -0.1) is 0 Å². The number of aromatic nitrogens is 1. The van der Waals surface area contributed by atoms with E-state index in [1.165, 1.54) is 29.8 Å². The van der Waals surface area contributed by atoms with Crippen LogP contribution in [0.25, 0.3) is 10.9 Å². The Morgan fingerprint density at radius 3 is 2.48 bits per heavy atom. The third-order valence-electron chi connectivity index (χ3n) is 3.17. The molecule has 21 heavy (non-hydrogen) atoms. The Kier molecular flexibility index (Phi) is 4.32. The normalized spacial score (nSPS) is 12.9. The number of nitrogens with zero attached hydrogens (tertiary/aromatic N) is 1. The molecule has 0 radical (unpaired) electrons. The first-order valence-electron chi connectivity index (χ1n) is 6.08. The van der Waals surface area contributed by atoms with Gasteiger partial charge in [0.15, 0.2) is 9.84 Å². The maximum absolute atomic E-state index is 13.9. The first-order chi connectivity index (χ1) is 9.65. The van der Waals surface area contributed by atoms with Crippen molar-refractivity contribution in [2.45, 2.75) is 18.4 Å². The predicted molar refractivity (Wildman–Crippen MR) is 79.3 cm³/mol. The van der Waals surface area contributed by atoms with E-state index in [0.29, 0.717) is 5.52 Å². The molecule has 1 heterocycles. The van der Waals surface area contributed by atoms with E-state index in [1.807, 2.05) is 0 Å². The van der Waals surface area contributed by atoms with E-state index >= 15 is 0 Å². The van der Waals surface area contributed by atoms with Gasteiger partial charge in [0.05, 0.1) is 16.7 Å². The minimum Gasteiger partial charge on any atom is -0.345 e. The Morgan fingerprint density at radius 2 is 1.90 bits per heavy atom. The standard InChI is InChI=1S/C12H13ClFNO4S2/c1-2-20(16,17)7-6-15-8-11(21(13,18)19)12-9(14)4-3-5-10(12)15/h3-5,8H,2,6-7H2,1H3. The molecule has 2 rings (SSSR count). The van der Waals surface area contributed by atoms with Crippen LogP contribution >= 0.6 is 10.7 Å².